The molecular weight excluding hydrogens is 245 g/mol. The number of hydrogen-bond donors (Lipinski definition) is 2. The SMILES string of the molecule is CNCc1cccc(F)c1N1CCNC(=O)C1(C)C. The highest BCUT2D eigenvalue weighted by Crippen LogP contribution is 2.31. The summed E-state index contributed by atoms with van der Waals surface area (Å²) in [4.78, 5) is 13.8. The Morgan fingerprint density at radius 1 is 1.47 bits per heavy atom. The fourth-order valence-corrected chi connectivity index (χ4v) is 2.49. The summed E-state index contributed by atoms with van der Waals surface area (Å²) in [6, 6.07) is 5.02. The van der Waals surface area contributed by atoms with Crippen molar-refractivity contribution in [2.45, 2.75) is 25.9 Å². The highest BCUT2D eigenvalue weighted by molar-refractivity contribution is 5.90. The van der Waals surface area contributed by atoms with Gasteiger partial charge in [0.05, 0.1) is 5.69 Å². The number of benzene rings is 1. The van der Waals surface area contributed by atoms with Crippen molar-refractivity contribution in [1.82, 2.24) is 10.6 Å². The Morgan fingerprint density at radius 2 is 2.21 bits per heavy atom. The lowest BCUT2D eigenvalue weighted by Crippen LogP contribution is -2.62. The van der Waals surface area contributed by atoms with Crippen molar-refractivity contribution in [2.24, 2.45) is 0 Å². The van der Waals surface area contributed by atoms with Gasteiger partial charge in [-0.1, -0.05) is 12.1 Å². The first-order valence-electron chi connectivity index (χ1n) is 6.46. The smallest absolute Gasteiger partial charge is 0.245 e. The van der Waals surface area contributed by atoms with Crippen LogP contribution in [-0.4, -0.2) is 31.6 Å². The van der Waals surface area contributed by atoms with Gasteiger partial charge in [0.15, 0.2) is 0 Å². The third-order valence-corrected chi connectivity index (χ3v) is 3.56. The van der Waals surface area contributed by atoms with Gasteiger partial charge in [-0.15, -0.1) is 0 Å². The van der Waals surface area contributed by atoms with E-state index in [2.05, 4.69) is 10.6 Å². The third-order valence-electron chi connectivity index (χ3n) is 3.56. The van der Waals surface area contributed by atoms with E-state index in [-0.39, 0.29) is 11.7 Å². The van der Waals surface area contributed by atoms with Crippen LogP contribution >= 0.6 is 0 Å². The summed E-state index contributed by atoms with van der Waals surface area (Å²) in [6.07, 6.45) is 0. The number of carbonyl (C=O) groups is 1. The second-order valence-electron chi connectivity index (χ2n) is 5.24. The Labute approximate surface area is 113 Å². The van der Waals surface area contributed by atoms with Crippen molar-refractivity contribution < 1.29 is 9.18 Å². The number of hydrogen-bond acceptors (Lipinski definition) is 3. The fraction of sp³-hybridized carbons (Fsp3) is 0.500. The highest BCUT2D eigenvalue weighted by atomic mass is 19.1. The van der Waals surface area contributed by atoms with Gasteiger partial charge in [0.25, 0.3) is 0 Å². The molecule has 1 fully saturated rings. The molecule has 0 atom stereocenters. The van der Waals surface area contributed by atoms with Gasteiger partial charge < -0.3 is 15.5 Å². The number of halogens is 1. The molecule has 4 nitrogen and oxygen atoms in total. The molecule has 0 unspecified atom stereocenters. The third kappa shape index (κ3) is 2.42. The highest BCUT2D eigenvalue weighted by Gasteiger charge is 2.39. The van der Waals surface area contributed by atoms with E-state index in [0.29, 0.717) is 25.3 Å². The number of amides is 1. The molecule has 0 aromatic heterocycles. The van der Waals surface area contributed by atoms with Crippen LogP contribution in [0.15, 0.2) is 18.2 Å². The Kier molecular flexibility index (Phi) is 3.75. The minimum Gasteiger partial charge on any atom is -0.353 e. The minimum absolute atomic E-state index is 0.0718. The van der Waals surface area contributed by atoms with Gasteiger partial charge in [0, 0.05) is 19.6 Å². The summed E-state index contributed by atoms with van der Waals surface area (Å²) in [6.45, 7) is 5.35. The zero-order chi connectivity index (χ0) is 14.0. The fourth-order valence-electron chi connectivity index (χ4n) is 2.49. The van der Waals surface area contributed by atoms with Gasteiger partial charge in [-0.3, -0.25) is 4.79 Å². The van der Waals surface area contributed by atoms with Crippen LogP contribution < -0.4 is 15.5 Å². The maximum Gasteiger partial charge on any atom is 0.245 e. The molecule has 1 aromatic carbocycles. The Bertz CT molecular complexity index is 488. The molecule has 0 radical (unpaired) electrons. The number of anilines is 1. The largest absolute Gasteiger partial charge is 0.353 e. The van der Waals surface area contributed by atoms with E-state index >= 15 is 0 Å². The van der Waals surface area contributed by atoms with E-state index in [1.165, 1.54) is 6.07 Å². The molecule has 0 aliphatic carbocycles. The molecule has 1 aromatic rings. The molecule has 2 N–H and O–H groups in total. The molecule has 104 valence electrons. The predicted octanol–water partition coefficient (Wildman–Crippen LogP) is 1.26. The summed E-state index contributed by atoms with van der Waals surface area (Å²) >= 11 is 0. The van der Waals surface area contributed by atoms with Crippen LogP contribution in [0.3, 0.4) is 0 Å². The second kappa shape index (κ2) is 5.17. The minimum atomic E-state index is -0.747. The monoisotopic (exact) mass is 265 g/mol. The normalized spacial score (nSPS) is 18.3. The van der Waals surface area contributed by atoms with E-state index in [1.807, 2.05) is 31.9 Å². The van der Waals surface area contributed by atoms with Crippen LogP contribution in [0.4, 0.5) is 10.1 Å². The van der Waals surface area contributed by atoms with Gasteiger partial charge in [-0.2, -0.15) is 0 Å². The molecule has 1 saturated heterocycles. The van der Waals surface area contributed by atoms with E-state index in [1.54, 1.807) is 6.07 Å². The summed E-state index contributed by atoms with van der Waals surface area (Å²) < 4.78 is 14.2. The van der Waals surface area contributed by atoms with Crippen LogP contribution in [0.1, 0.15) is 19.4 Å². The molecule has 0 bridgehead atoms. The zero-order valence-electron chi connectivity index (χ0n) is 11.6. The van der Waals surface area contributed by atoms with Crippen molar-refractivity contribution >= 4 is 11.6 Å². The van der Waals surface area contributed by atoms with Gasteiger partial charge in [-0.05, 0) is 32.5 Å². The van der Waals surface area contributed by atoms with Crippen LogP contribution in [0.5, 0.6) is 0 Å². The Morgan fingerprint density at radius 3 is 2.89 bits per heavy atom. The average molecular weight is 265 g/mol. The first kappa shape index (κ1) is 13.8. The first-order chi connectivity index (χ1) is 8.98. The lowest BCUT2D eigenvalue weighted by molar-refractivity contribution is -0.126. The van der Waals surface area contributed by atoms with E-state index in [0.717, 1.165) is 5.56 Å². The zero-order valence-corrected chi connectivity index (χ0v) is 11.6. The van der Waals surface area contributed by atoms with Gasteiger partial charge >= 0.3 is 0 Å². The number of nitrogens with zero attached hydrogens (tertiary/aromatic N) is 1. The number of carbonyl (C=O) groups excluding carboxylic acids is 1. The van der Waals surface area contributed by atoms with Crippen molar-refractivity contribution in [1.29, 1.82) is 0 Å². The number of nitrogens with one attached hydrogen (secondary N) is 2. The molecule has 5 heteroatoms. The Balaban J connectivity index is 2.48. The van der Waals surface area contributed by atoms with E-state index in [4.69, 9.17) is 0 Å². The number of piperazine rings is 1. The summed E-state index contributed by atoms with van der Waals surface area (Å²) in [5, 5.41) is 5.86. The van der Waals surface area contributed by atoms with Gasteiger partial charge in [-0.25, -0.2) is 4.39 Å². The van der Waals surface area contributed by atoms with Gasteiger partial charge in [0.1, 0.15) is 11.4 Å². The number of rotatable bonds is 3. The lowest BCUT2D eigenvalue weighted by Gasteiger charge is -2.43. The average Bonchev–Trinajstić information content (AvgIpc) is 2.35. The van der Waals surface area contributed by atoms with Crippen LogP contribution in [-0.2, 0) is 11.3 Å². The molecule has 2 rings (SSSR count). The molecule has 1 aliphatic rings. The quantitative estimate of drug-likeness (QED) is 0.865. The topological polar surface area (TPSA) is 44.4 Å². The molecule has 19 heavy (non-hydrogen) atoms. The van der Waals surface area contributed by atoms with E-state index < -0.39 is 5.54 Å². The van der Waals surface area contributed by atoms with Crippen LogP contribution in [0.2, 0.25) is 0 Å². The van der Waals surface area contributed by atoms with Crippen molar-refractivity contribution in [3.63, 3.8) is 0 Å². The number of para-hydroxylation sites is 1. The lowest BCUT2D eigenvalue weighted by atomic mass is 9.96. The molecular formula is C14H20FN3O. The van der Waals surface area contributed by atoms with Crippen molar-refractivity contribution in [2.75, 3.05) is 25.0 Å². The second-order valence-corrected chi connectivity index (χ2v) is 5.24. The van der Waals surface area contributed by atoms with Crippen molar-refractivity contribution in [3.8, 4) is 0 Å². The maximum atomic E-state index is 14.2. The summed E-state index contributed by atoms with van der Waals surface area (Å²) in [7, 11) is 1.82. The van der Waals surface area contributed by atoms with Crippen LogP contribution in [0, 0.1) is 5.82 Å². The standard InChI is InChI=1S/C14H20FN3O/c1-14(2)13(19)17-7-8-18(14)12-10(9-16-3)5-4-6-11(12)15/h4-6,16H,7-9H2,1-3H3,(H,17,19). The summed E-state index contributed by atoms with van der Waals surface area (Å²) in [5.41, 5.74) is 0.644. The van der Waals surface area contributed by atoms with Crippen molar-refractivity contribution in [3.05, 3.63) is 29.6 Å². The summed E-state index contributed by atoms with van der Waals surface area (Å²) in [5.74, 6) is -0.354. The molecule has 1 aliphatic heterocycles. The first-order valence-corrected chi connectivity index (χ1v) is 6.46. The van der Waals surface area contributed by atoms with Crippen LogP contribution in [0.25, 0.3) is 0 Å². The molecule has 0 spiro atoms. The molecule has 0 saturated carbocycles. The molecule has 1 amide bonds. The van der Waals surface area contributed by atoms with E-state index in [9.17, 15) is 9.18 Å². The maximum absolute atomic E-state index is 14.2. The van der Waals surface area contributed by atoms with Gasteiger partial charge in [0.2, 0.25) is 5.91 Å². The Hall–Kier alpha value is -1.62. The molecule has 1 heterocycles. The predicted molar refractivity (Wildman–Crippen MR) is 73.6 cm³/mol.